The number of hydrogen-bond acceptors (Lipinski definition) is 3. The highest BCUT2D eigenvalue weighted by molar-refractivity contribution is 14.1. The van der Waals surface area contributed by atoms with Crippen molar-refractivity contribution in [3.8, 4) is 5.75 Å². The fourth-order valence-corrected chi connectivity index (χ4v) is 1.22. The summed E-state index contributed by atoms with van der Waals surface area (Å²) in [6, 6.07) is 1.43. The molecule has 0 radical (unpaired) electrons. The van der Waals surface area contributed by atoms with Crippen molar-refractivity contribution in [2.45, 2.75) is 13.0 Å². The van der Waals surface area contributed by atoms with E-state index in [4.69, 9.17) is 5.73 Å². The molecule has 0 bridgehead atoms. The molecule has 1 atom stereocenters. The van der Waals surface area contributed by atoms with E-state index in [2.05, 4.69) is 27.6 Å². The molecule has 0 aliphatic heterocycles. The molecule has 1 heterocycles. The van der Waals surface area contributed by atoms with Crippen LogP contribution in [0.15, 0.2) is 12.3 Å². The molecule has 11 heavy (non-hydrogen) atoms. The van der Waals surface area contributed by atoms with Gasteiger partial charge in [-0.05, 0) is 35.6 Å². The number of nitrogens with two attached hydrogens (primary N) is 1. The summed E-state index contributed by atoms with van der Waals surface area (Å²) in [5, 5.41) is 9.31. The number of rotatable bonds is 1. The molecule has 0 fully saturated rings. The van der Waals surface area contributed by atoms with Crippen molar-refractivity contribution in [2.75, 3.05) is 0 Å². The van der Waals surface area contributed by atoms with E-state index in [1.165, 1.54) is 0 Å². The Bertz CT molecular complexity index is 263. The molecule has 60 valence electrons. The summed E-state index contributed by atoms with van der Waals surface area (Å²) < 4.78 is 0.907. The van der Waals surface area contributed by atoms with Crippen molar-refractivity contribution in [2.24, 2.45) is 5.73 Å². The topological polar surface area (TPSA) is 59.1 Å². The zero-order valence-corrected chi connectivity index (χ0v) is 8.24. The van der Waals surface area contributed by atoms with E-state index in [1.54, 1.807) is 19.2 Å². The van der Waals surface area contributed by atoms with Gasteiger partial charge in [-0.25, -0.2) is 0 Å². The van der Waals surface area contributed by atoms with Gasteiger partial charge in [0.15, 0.2) is 0 Å². The van der Waals surface area contributed by atoms with Crippen LogP contribution in [0.2, 0.25) is 0 Å². The Morgan fingerprint density at radius 3 is 2.82 bits per heavy atom. The smallest absolute Gasteiger partial charge is 0.139 e. The van der Waals surface area contributed by atoms with Gasteiger partial charge in [0.1, 0.15) is 5.75 Å². The molecule has 0 saturated carbocycles. The molecular weight excluding hydrogens is 255 g/mol. The summed E-state index contributed by atoms with van der Waals surface area (Å²) in [5.74, 6) is 0.173. The van der Waals surface area contributed by atoms with Gasteiger partial charge in [0.25, 0.3) is 0 Å². The fraction of sp³-hybridized carbons (Fsp3) is 0.286. The number of hydrogen-bond donors (Lipinski definition) is 2. The van der Waals surface area contributed by atoms with Crippen LogP contribution in [-0.4, -0.2) is 10.1 Å². The molecule has 0 amide bonds. The number of nitrogens with zero attached hydrogens (tertiary/aromatic N) is 1. The Morgan fingerprint density at radius 1 is 1.73 bits per heavy atom. The summed E-state index contributed by atoms with van der Waals surface area (Å²) in [7, 11) is 0. The first-order valence-electron chi connectivity index (χ1n) is 3.21. The van der Waals surface area contributed by atoms with Crippen LogP contribution in [0.5, 0.6) is 5.75 Å². The first-order chi connectivity index (χ1) is 5.11. The average molecular weight is 264 g/mol. The minimum atomic E-state index is -0.216. The molecule has 0 spiro atoms. The first-order valence-corrected chi connectivity index (χ1v) is 4.29. The monoisotopic (exact) mass is 264 g/mol. The second kappa shape index (κ2) is 3.36. The van der Waals surface area contributed by atoms with Crippen LogP contribution in [0.25, 0.3) is 0 Å². The fourth-order valence-electron chi connectivity index (χ4n) is 0.790. The number of pyridine rings is 1. The molecule has 4 heteroatoms. The minimum absolute atomic E-state index is 0.173. The van der Waals surface area contributed by atoms with Crippen molar-refractivity contribution in [1.29, 1.82) is 0 Å². The van der Waals surface area contributed by atoms with E-state index >= 15 is 0 Å². The zero-order chi connectivity index (χ0) is 8.43. The summed E-state index contributed by atoms with van der Waals surface area (Å²) in [5.41, 5.74) is 6.09. The van der Waals surface area contributed by atoms with Gasteiger partial charge >= 0.3 is 0 Å². The largest absolute Gasteiger partial charge is 0.506 e. The van der Waals surface area contributed by atoms with Crippen LogP contribution < -0.4 is 5.73 Å². The van der Waals surface area contributed by atoms with Gasteiger partial charge in [-0.2, -0.15) is 0 Å². The quantitative estimate of drug-likeness (QED) is 0.754. The maximum atomic E-state index is 9.31. The predicted molar refractivity (Wildman–Crippen MR) is 51.2 cm³/mol. The lowest BCUT2D eigenvalue weighted by molar-refractivity contribution is 0.458. The van der Waals surface area contributed by atoms with E-state index in [0.29, 0.717) is 5.69 Å². The highest BCUT2D eigenvalue weighted by Crippen LogP contribution is 2.21. The summed E-state index contributed by atoms with van der Waals surface area (Å²) in [6.45, 7) is 1.79. The zero-order valence-electron chi connectivity index (χ0n) is 6.08. The van der Waals surface area contributed by atoms with Gasteiger partial charge in [-0.3, -0.25) is 4.98 Å². The lowest BCUT2D eigenvalue weighted by atomic mass is 10.2. The van der Waals surface area contributed by atoms with Crippen molar-refractivity contribution in [3.05, 3.63) is 21.5 Å². The second-order valence-electron chi connectivity index (χ2n) is 2.35. The van der Waals surface area contributed by atoms with E-state index in [1.807, 2.05) is 0 Å². The van der Waals surface area contributed by atoms with Crippen LogP contribution >= 0.6 is 22.6 Å². The summed E-state index contributed by atoms with van der Waals surface area (Å²) >= 11 is 2.08. The third kappa shape index (κ3) is 2.03. The van der Waals surface area contributed by atoms with Gasteiger partial charge in [-0.1, -0.05) is 0 Å². The molecule has 0 aliphatic rings. The Morgan fingerprint density at radius 2 is 2.36 bits per heavy atom. The molecule has 3 nitrogen and oxygen atoms in total. The Labute approximate surface area is 78.8 Å². The second-order valence-corrected chi connectivity index (χ2v) is 3.59. The van der Waals surface area contributed by atoms with E-state index in [0.717, 1.165) is 3.57 Å². The Hall–Kier alpha value is -0.360. The maximum absolute atomic E-state index is 9.31. The SMILES string of the molecule is CC(N)c1ncc(I)cc1O. The highest BCUT2D eigenvalue weighted by atomic mass is 127. The molecule has 1 rings (SSSR count). The molecule has 1 aromatic rings. The average Bonchev–Trinajstić information content (AvgIpc) is 1.85. The standard InChI is InChI=1S/C7H9IN2O/c1-4(9)7-6(11)2-5(8)3-10-7/h2-4,11H,9H2,1H3. The predicted octanol–water partition coefficient (Wildman–Crippen LogP) is 1.41. The third-order valence-electron chi connectivity index (χ3n) is 1.30. The van der Waals surface area contributed by atoms with Crippen molar-refractivity contribution >= 4 is 22.6 Å². The van der Waals surface area contributed by atoms with Crippen LogP contribution in [0.3, 0.4) is 0 Å². The first kappa shape index (κ1) is 8.73. The Kier molecular flexibility index (Phi) is 2.67. The molecule has 0 aliphatic carbocycles. The molecular formula is C7H9IN2O. The van der Waals surface area contributed by atoms with Gasteiger partial charge in [0.2, 0.25) is 0 Å². The summed E-state index contributed by atoms with van der Waals surface area (Å²) in [4.78, 5) is 3.99. The van der Waals surface area contributed by atoms with E-state index in [9.17, 15) is 5.11 Å². The van der Waals surface area contributed by atoms with Crippen LogP contribution in [0.4, 0.5) is 0 Å². The molecule has 1 unspecified atom stereocenters. The normalized spacial score (nSPS) is 13.0. The van der Waals surface area contributed by atoms with Crippen molar-refractivity contribution < 1.29 is 5.11 Å². The highest BCUT2D eigenvalue weighted by Gasteiger charge is 2.06. The lowest BCUT2D eigenvalue weighted by Gasteiger charge is -2.06. The molecule has 1 aromatic heterocycles. The molecule has 0 saturated heterocycles. The van der Waals surface area contributed by atoms with E-state index < -0.39 is 0 Å². The van der Waals surface area contributed by atoms with Gasteiger partial charge in [0.05, 0.1) is 5.69 Å². The molecule has 3 N–H and O–H groups in total. The third-order valence-corrected chi connectivity index (χ3v) is 1.89. The van der Waals surface area contributed by atoms with Crippen molar-refractivity contribution in [1.82, 2.24) is 4.98 Å². The van der Waals surface area contributed by atoms with Gasteiger partial charge < -0.3 is 10.8 Å². The van der Waals surface area contributed by atoms with Crippen LogP contribution in [-0.2, 0) is 0 Å². The maximum Gasteiger partial charge on any atom is 0.139 e. The lowest BCUT2D eigenvalue weighted by Crippen LogP contribution is -2.07. The van der Waals surface area contributed by atoms with Gasteiger partial charge in [-0.15, -0.1) is 0 Å². The number of aromatic nitrogens is 1. The summed E-state index contributed by atoms with van der Waals surface area (Å²) in [6.07, 6.45) is 1.68. The Balaban J connectivity index is 3.09. The minimum Gasteiger partial charge on any atom is -0.506 e. The number of halogens is 1. The van der Waals surface area contributed by atoms with E-state index in [-0.39, 0.29) is 11.8 Å². The van der Waals surface area contributed by atoms with Gasteiger partial charge in [0, 0.05) is 15.8 Å². The van der Waals surface area contributed by atoms with Crippen LogP contribution in [0, 0.1) is 3.57 Å². The van der Waals surface area contributed by atoms with Crippen molar-refractivity contribution in [3.63, 3.8) is 0 Å². The van der Waals surface area contributed by atoms with Crippen LogP contribution in [0.1, 0.15) is 18.7 Å². The number of aromatic hydroxyl groups is 1. The molecule has 0 aromatic carbocycles.